The molecule has 1 heterocycles. The third-order valence-corrected chi connectivity index (χ3v) is 3.11. The number of amides is 3. The second-order valence-electron chi connectivity index (χ2n) is 2.32. The number of nitrogen functional groups attached to an aromatic ring is 1. The Balaban J connectivity index is 2.31. The van der Waals surface area contributed by atoms with Crippen molar-refractivity contribution in [3.05, 3.63) is 0 Å². The van der Waals surface area contributed by atoms with Crippen molar-refractivity contribution in [1.82, 2.24) is 20.8 Å². The number of imide groups is 1. The van der Waals surface area contributed by atoms with E-state index in [1.54, 1.807) is 0 Å². The SMILES string of the molecule is CNC(=O)NC(=O)CSc1nnc(N)s1. The molecule has 4 N–H and O–H groups in total. The highest BCUT2D eigenvalue weighted by Gasteiger charge is 2.08. The van der Waals surface area contributed by atoms with Crippen molar-refractivity contribution in [2.75, 3.05) is 18.5 Å². The minimum absolute atomic E-state index is 0.0993. The number of hydrogen-bond donors (Lipinski definition) is 3. The van der Waals surface area contributed by atoms with Crippen LogP contribution < -0.4 is 16.4 Å². The Hall–Kier alpha value is -1.35. The zero-order valence-corrected chi connectivity index (χ0v) is 9.44. The van der Waals surface area contributed by atoms with E-state index in [1.807, 2.05) is 0 Å². The van der Waals surface area contributed by atoms with Crippen LogP contribution in [-0.2, 0) is 4.79 Å². The van der Waals surface area contributed by atoms with Crippen molar-refractivity contribution in [3.63, 3.8) is 0 Å². The van der Waals surface area contributed by atoms with E-state index in [2.05, 4.69) is 20.8 Å². The highest BCUT2D eigenvalue weighted by atomic mass is 32.2. The van der Waals surface area contributed by atoms with Gasteiger partial charge in [-0.1, -0.05) is 23.1 Å². The molecule has 0 bridgehead atoms. The van der Waals surface area contributed by atoms with Gasteiger partial charge in [-0.05, 0) is 0 Å². The first-order chi connectivity index (χ1) is 7.11. The number of nitrogens with zero attached hydrogens (tertiary/aromatic N) is 2. The standard InChI is InChI=1S/C6H9N5O2S2/c1-8-5(13)9-3(12)2-14-6-11-10-4(7)15-6/h2H2,1H3,(H2,7,10)(H2,8,9,12,13). The maximum Gasteiger partial charge on any atom is 0.321 e. The highest BCUT2D eigenvalue weighted by molar-refractivity contribution is 8.01. The van der Waals surface area contributed by atoms with Crippen LogP contribution in [0.1, 0.15) is 0 Å². The minimum Gasteiger partial charge on any atom is -0.374 e. The number of carbonyl (C=O) groups is 2. The molecule has 82 valence electrons. The summed E-state index contributed by atoms with van der Waals surface area (Å²) in [5.74, 6) is -0.296. The van der Waals surface area contributed by atoms with Gasteiger partial charge < -0.3 is 11.1 Å². The van der Waals surface area contributed by atoms with Gasteiger partial charge in [-0.15, -0.1) is 10.2 Å². The first kappa shape index (κ1) is 11.7. The van der Waals surface area contributed by atoms with Crippen LogP contribution in [0.2, 0.25) is 0 Å². The van der Waals surface area contributed by atoms with Crippen LogP contribution in [0, 0.1) is 0 Å². The van der Waals surface area contributed by atoms with Gasteiger partial charge in [-0.25, -0.2) is 4.79 Å². The van der Waals surface area contributed by atoms with Crippen molar-refractivity contribution in [2.45, 2.75) is 4.34 Å². The van der Waals surface area contributed by atoms with E-state index in [-0.39, 0.29) is 5.75 Å². The molecule has 15 heavy (non-hydrogen) atoms. The van der Waals surface area contributed by atoms with Gasteiger partial charge in [-0.2, -0.15) is 0 Å². The third-order valence-electron chi connectivity index (χ3n) is 1.23. The fraction of sp³-hybridized carbons (Fsp3) is 0.333. The van der Waals surface area contributed by atoms with Crippen molar-refractivity contribution in [2.24, 2.45) is 0 Å². The predicted molar refractivity (Wildman–Crippen MR) is 57.6 cm³/mol. The highest BCUT2D eigenvalue weighted by Crippen LogP contribution is 2.22. The Labute approximate surface area is 93.8 Å². The molecule has 3 amide bonds. The van der Waals surface area contributed by atoms with Gasteiger partial charge in [0.1, 0.15) is 0 Å². The average molecular weight is 247 g/mol. The molecule has 7 nitrogen and oxygen atoms in total. The zero-order chi connectivity index (χ0) is 11.3. The van der Waals surface area contributed by atoms with Gasteiger partial charge in [0.25, 0.3) is 0 Å². The zero-order valence-electron chi connectivity index (χ0n) is 7.81. The number of nitrogens with one attached hydrogen (secondary N) is 2. The fourth-order valence-electron chi connectivity index (χ4n) is 0.631. The molecule has 0 spiro atoms. The number of thioether (sulfide) groups is 1. The summed E-state index contributed by atoms with van der Waals surface area (Å²) in [6, 6.07) is -0.530. The molecule has 0 saturated heterocycles. The molecule has 0 atom stereocenters. The summed E-state index contributed by atoms with van der Waals surface area (Å²) in [7, 11) is 1.43. The lowest BCUT2D eigenvalue weighted by Gasteiger charge is -2.00. The molecule has 0 fully saturated rings. The van der Waals surface area contributed by atoms with Gasteiger partial charge >= 0.3 is 6.03 Å². The molecule has 1 rings (SSSR count). The Morgan fingerprint density at radius 1 is 1.53 bits per heavy atom. The summed E-state index contributed by atoms with van der Waals surface area (Å²) in [4.78, 5) is 21.9. The van der Waals surface area contributed by atoms with Gasteiger partial charge in [-0.3, -0.25) is 10.1 Å². The number of carbonyl (C=O) groups excluding carboxylic acids is 2. The maximum absolute atomic E-state index is 11.1. The Morgan fingerprint density at radius 3 is 2.80 bits per heavy atom. The second-order valence-corrected chi connectivity index (χ2v) is 4.55. The van der Waals surface area contributed by atoms with Crippen molar-refractivity contribution < 1.29 is 9.59 Å². The van der Waals surface area contributed by atoms with Gasteiger partial charge in [0, 0.05) is 7.05 Å². The maximum atomic E-state index is 11.1. The number of rotatable bonds is 3. The lowest BCUT2D eigenvalue weighted by molar-refractivity contribution is -0.117. The molecule has 0 unspecified atom stereocenters. The molecule has 1 aromatic rings. The molecular weight excluding hydrogens is 238 g/mol. The van der Waals surface area contributed by atoms with Gasteiger partial charge in [0.15, 0.2) is 4.34 Å². The van der Waals surface area contributed by atoms with E-state index in [1.165, 1.54) is 30.1 Å². The van der Waals surface area contributed by atoms with Crippen LogP contribution in [-0.4, -0.2) is 34.9 Å². The van der Waals surface area contributed by atoms with E-state index in [0.717, 1.165) is 0 Å². The first-order valence-electron chi connectivity index (χ1n) is 3.85. The topological polar surface area (TPSA) is 110 Å². The summed E-state index contributed by atoms with van der Waals surface area (Å²) in [5.41, 5.74) is 5.35. The second kappa shape index (κ2) is 5.51. The molecule has 1 aromatic heterocycles. The molecule has 0 aliphatic heterocycles. The van der Waals surface area contributed by atoms with Crippen molar-refractivity contribution in [3.8, 4) is 0 Å². The van der Waals surface area contributed by atoms with E-state index in [9.17, 15) is 9.59 Å². The summed E-state index contributed by atoms with van der Waals surface area (Å²) >= 11 is 2.37. The number of aromatic nitrogens is 2. The quantitative estimate of drug-likeness (QED) is 0.631. The number of nitrogens with two attached hydrogens (primary N) is 1. The lowest BCUT2D eigenvalue weighted by atomic mass is 10.7. The predicted octanol–water partition coefficient (Wildman–Crippen LogP) is -0.332. The van der Waals surface area contributed by atoms with Crippen LogP contribution in [0.25, 0.3) is 0 Å². The van der Waals surface area contributed by atoms with Crippen molar-refractivity contribution >= 4 is 40.2 Å². The van der Waals surface area contributed by atoms with Crippen LogP contribution in [0.3, 0.4) is 0 Å². The monoisotopic (exact) mass is 247 g/mol. The van der Waals surface area contributed by atoms with Crippen LogP contribution in [0.4, 0.5) is 9.93 Å². The van der Waals surface area contributed by atoms with E-state index >= 15 is 0 Å². The summed E-state index contributed by atoms with van der Waals surface area (Å²) < 4.78 is 0.597. The number of anilines is 1. The first-order valence-corrected chi connectivity index (χ1v) is 5.65. The molecule has 0 saturated carbocycles. The minimum atomic E-state index is -0.530. The van der Waals surface area contributed by atoms with Gasteiger partial charge in [0.05, 0.1) is 5.75 Å². The van der Waals surface area contributed by atoms with E-state index < -0.39 is 11.9 Å². The molecule has 0 radical (unpaired) electrons. The van der Waals surface area contributed by atoms with Crippen LogP contribution in [0.15, 0.2) is 4.34 Å². The Kier molecular flexibility index (Phi) is 4.31. The van der Waals surface area contributed by atoms with Gasteiger partial charge in [0.2, 0.25) is 11.0 Å². The Bertz CT molecular complexity index is 366. The van der Waals surface area contributed by atoms with Crippen LogP contribution in [0.5, 0.6) is 0 Å². The summed E-state index contributed by atoms with van der Waals surface area (Å²) in [5, 5.41) is 12.0. The molecular formula is C6H9N5O2S2. The Morgan fingerprint density at radius 2 is 2.27 bits per heavy atom. The normalized spacial score (nSPS) is 9.67. The molecule has 0 aliphatic rings. The summed E-state index contributed by atoms with van der Waals surface area (Å²) in [6.45, 7) is 0. The molecule has 0 aliphatic carbocycles. The van der Waals surface area contributed by atoms with E-state index in [0.29, 0.717) is 9.47 Å². The van der Waals surface area contributed by atoms with Crippen LogP contribution >= 0.6 is 23.1 Å². The lowest BCUT2D eigenvalue weighted by Crippen LogP contribution is -2.38. The third kappa shape index (κ3) is 4.13. The smallest absolute Gasteiger partial charge is 0.321 e. The summed E-state index contributed by atoms with van der Waals surface area (Å²) in [6.07, 6.45) is 0. The molecule has 9 heteroatoms. The van der Waals surface area contributed by atoms with E-state index in [4.69, 9.17) is 5.73 Å². The van der Waals surface area contributed by atoms with Crippen molar-refractivity contribution in [1.29, 1.82) is 0 Å². The molecule has 0 aromatic carbocycles. The number of hydrogen-bond acceptors (Lipinski definition) is 7. The average Bonchev–Trinajstić information content (AvgIpc) is 2.61. The number of urea groups is 1. The largest absolute Gasteiger partial charge is 0.374 e. The fourth-order valence-corrected chi connectivity index (χ4v) is 2.07.